The first-order valence-corrected chi connectivity index (χ1v) is 5.69. The zero-order valence-electron chi connectivity index (χ0n) is 9.53. The van der Waals surface area contributed by atoms with Gasteiger partial charge in [-0.3, -0.25) is 4.68 Å². The van der Waals surface area contributed by atoms with Gasteiger partial charge >= 0.3 is 0 Å². The van der Waals surface area contributed by atoms with Crippen LogP contribution in [0.3, 0.4) is 0 Å². The van der Waals surface area contributed by atoms with Crippen LogP contribution in [0.5, 0.6) is 0 Å². The van der Waals surface area contributed by atoms with E-state index in [2.05, 4.69) is 23.4 Å². The van der Waals surface area contributed by atoms with Crippen molar-refractivity contribution in [3.63, 3.8) is 0 Å². The van der Waals surface area contributed by atoms with E-state index in [4.69, 9.17) is 0 Å². The van der Waals surface area contributed by atoms with E-state index < -0.39 is 0 Å². The average molecular weight is 205 g/mol. The lowest BCUT2D eigenvalue weighted by Crippen LogP contribution is -2.18. The van der Waals surface area contributed by atoms with Gasteiger partial charge in [0, 0.05) is 31.4 Å². The minimum absolute atomic E-state index is 0.786. The van der Waals surface area contributed by atoms with Gasteiger partial charge in [-0.15, -0.1) is 0 Å². The minimum Gasteiger partial charge on any atom is -0.310 e. The van der Waals surface area contributed by atoms with Crippen LogP contribution in [0.1, 0.15) is 31.7 Å². The van der Waals surface area contributed by atoms with Gasteiger partial charge in [0.05, 0.1) is 6.20 Å². The average Bonchev–Trinajstić information content (AvgIpc) is 2.97. The summed E-state index contributed by atoms with van der Waals surface area (Å²) >= 11 is 0. The molecule has 0 radical (unpaired) electrons. The fraction of sp³-hybridized carbons (Fsp3) is 0.583. The Morgan fingerprint density at radius 3 is 3.00 bits per heavy atom. The summed E-state index contributed by atoms with van der Waals surface area (Å²) in [4.78, 5) is 0. The van der Waals surface area contributed by atoms with Crippen LogP contribution in [0, 0.1) is 0 Å². The third-order valence-corrected chi connectivity index (χ3v) is 2.74. The Morgan fingerprint density at radius 1 is 1.67 bits per heavy atom. The number of hydrogen-bond donors (Lipinski definition) is 1. The van der Waals surface area contributed by atoms with Crippen LogP contribution in [-0.4, -0.2) is 22.4 Å². The lowest BCUT2D eigenvalue weighted by Gasteiger charge is -2.05. The second kappa shape index (κ2) is 4.62. The van der Waals surface area contributed by atoms with Gasteiger partial charge in [-0.05, 0) is 19.3 Å². The molecule has 1 aromatic rings. The molecule has 15 heavy (non-hydrogen) atoms. The number of nitrogens with one attached hydrogen (secondary N) is 1. The quantitative estimate of drug-likeness (QED) is 0.796. The van der Waals surface area contributed by atoms with E-state index in [0.717, 1.165) is 19.0 Å². The summed E-state index contributed by atoms with van der Waals surface area (Å²) in [6.45, 7) is 3.23. The summed E-state index contributed by atoms with van der Waals surface area (Å²) in [7, 11) is 1.95. The molecule has 0 bridgehead atoms. The molecule has 0 unspecified atom stereocenters. The third kappa shape index (κ3) is 3.20. The van der Waals surface area contributed by atoms with Gasteiger partial charge in [0.1, 0.15) is 0 Å². The Bertz CT molecular complexity index is 348. The number of nitrogens with zero attached hydrogens (tertiary/aromatic N) is 2. The van der Waals surface area contributed by atoms with Crippen molar-refractivity contribution in [3.8, 4) is 0 Å². The first kappa shape index (κ1) is 10.4. The highest BCUT2D eigenvalue weighted by atomic mass is 15.2. The fourth-order valence-corrected chi connectivity index (χ4v) is 1.59. The molecule has 1 heterocycles. The highest BCUT2D eigenvalue weighted by Gasteiger charge is 2.19. The van der Waals surface area contributed by atoms with Gasteiger partial charge in [0.25, 0.3) is 0 Å². The molecule has 0 spiro atoms. The maximum atomic E-state index is 4.16. The van der Waals surface area contributed by atoms with Crippen molar-refractivity contribution in [2.45, 2.75) is 32.2 Å². The van der Waals surface area contributed by atoms with Gasteiger partial charge < -0.3 is 5.32 Å². The zero-order valence-corrected chi connectivity index (χ0v) is 9.53. The Hall–Kier alpha value is -1.09. The normalized spacial score (nSPS) is 17.1. The standard InChI is InChI=1S/C12H19N3/c1-3-10(7-13-12-4-5-12)6-11-8-14-15(2)9-11/h6,8-9,12-13H,3-5,7H2,1-2H3. The van der Waals surface area contributed by atoms with E-state index in [1.807, 2.05) is 24.1 Å². The molecular formula is C12H19N3. The van der Waals surface area contributed by atoms with E-state index >= 15 is 0 Å². The van der Waals surface area contributed by atoms with Crippen molar-refractivity contribution in [1.82, 2.24) is 15.1 Å². The lowest BCUT2D eigenvalue weighted by molar-refractivity contribution is 0.723. The molecule has 82 valence electrons. The first-order valence-electron chi connectivity index (χ1n) is 5.69. The van der Waals surface area contributed by atoms with Gasteiger partial charge in [0.15, 0.2) is 0 Å². The minimum atomic E-state index is 0.786. The van der Waals surface area contributed by atoms with Crippen LogP contribution >= 0.6 is 0 Å². The Balaban J connectivity index is 1.94. The molecule has 1 aromatic heterocycles. The number of rotatable bonds is 5. The topological polar surface area (TPSA) is 29.9 Å². The Kier molecular flexibility index (Phi) is 3.21. The smallest absolute Gasteiger partial charge is 0.0562 e. The monoisotopic (exact) mass is 205 g/mol. The van der Waals surface area contributed by atoms with E-state index in [9.17, 15) is 0 Å². The molecule has 1 aliphatic rings. The van der Waals surface area contributed by atoms with Gasteiger partial charge in [-0.25, -0.2) is 0 Å². The molecule has 0 aromatic carbocycles. The van der Waals surface area contributed by atoms with E-state index in [1.54, 1.807) is 0 Å². The predicted molar refractivity (Wildman–Crippen MR) is 62.5 cm³/mol. The first-order chi connectivity index (χ1) is 7.28. The summed E-state index contributed by atoms with van der Waals surface area (Å²) in [5, 5.41) is 7.70. The van der Waals surface area contributed by atoms with Crippen molar-refractivity contribution in [1.29, 1.82) is 0 Å². The van der Waals surface area contributed by atoms with Crippen molar-refractivity contribution in [2.24, 2.45) is 7.05 Å². The summed E-state index contributed by atoms with van der Waals surface area (Å²) in [5.74, 6) is 0. The van der Waals surface area contributed by atoms with Crippen molar-refractivity contribution in [2.75, 3.05) is 6.54 Å². The van der Waals surface area contributed by atoms with Crippen molar-refractivity contribution >= 4 is 6.08 Å². The van der Waals surface area contributed by atoms with Gasteiger partial charge in [-0.1, -0.05) is 18.6 Å². The summed E-state index contributed by atoms with van der Waals surface area (Å²) in [5.41, 5.74) is 2.65. The van der Waals surface area contributed by atoms with E-state index in [0.29, 0.717) is 0 Å². The molecule has 1 fully saturated rings. The molecule has 2 rings (SSSR count). The zero-order chi connectivity index (χ0) is 10.7. The number of aryl methyl sites for hydroxylation is 1. The Labute approximate surface area is 91.2 Å². The second-order valence-corrected chi connectivity index (χ2v) is 4.26. The number of aromatic nitrogens is 2. The molecule has 1 saturated carbocycles. The molecule has 0 saturated heterocycles. The van der Waals surface area contributed by atoms with Gasteiger partial charge in [-0.2, -0.15) is 5.10 Å². The lowest BCUT2D eigenvalue weighted by atomic mass is 10.1. The Morgan fingerprint density at radius 2 is 2.47 bits per heavy atom. The van der Waals surface area contributed by atoms with E-state index in [-0.39, 0.29) is 0 Å². The highest BCUT2D eigenvalue weighted by molar-refractivity contribution is 5.51. The fourth-order valence-electron chi connectivity index (χ4n) is 1.59. The van der Waals surface area contributed by atoms with Crippen LogP contribution in [0.25, 0.3) is 6.08 Å². The van der Waals surface area contributed by atoms with Crippen molar-refractivity contribution in [3.05, 3.63) is 23.5 Å². The molecule has 0 atom stereocenters. The summed E-state index contributed by atoms with van der Waals surface area (Å²) < 4.78 is 1.84. The molecular weight excluding hydrogens is 186 g/mol. The SMILES string of the molecule is CCC(=Cc1cnn(C)c1)CNC1CC1. The van der Waals surface area contributed by atoms with Crippen LogP contribution < -0.4 is 5.32 Å². The van der Waals surface area contributed by atoms with E-state index in [1.165, 1.54) is 24.0 Å². The molecule has 0 aliphatic heterocycles. The van der Waals surface area contributed by atoms with Crippen LogP contribution in [0.4, 0.5) is 0 Å². The predicted octanol–water partition coefficient (Wildman–Crippen LogP) is 1.97. The molecule has 1 aliphatic carbocycles. The van der Waals surface area contributed by atoms with Gasteiger partial charge in [0.2, 0.25) is 0 Å². The maximum Gasteiger partial charge on any atom is 0.0562 e. The summed E-state index contributed by atoms with van der Waals surface area (Å²) in [6.07, 6.45) is 10.0. The molecule has 0 amide bonds. The van der Waals surface area contributed by atoms with Crippen LogP contribution in [-0.2, 0) is 7.05 Å². The summed E-state index contributed by atoms with van der Waals surface area (Å²) in [6, 6.07) is 0.786. The molecule has 1 N–H and O–H groups in total. The largest absolute Gasteiger partial charge is 0.310 e. The van der Waals surface area contributed by atoms with Crippen LogP contribution in [0.15, 0.2) is 18.0 Å². The number of hydrogen-bond acceptors (Lipinski definition) is 2. The molecule has 3 heteroatoms. The van der Waals surface area contributed by atoms with Crippen LogP contribution in [0.2, 0.25) is 0 Å². The van der Waals surface area contributed by atoms with Crippen molar-refractivity contribution < 1.29 is 0 Å². The molecule has 3 nitrogen and oxygen atoms in total. The second-order valence-electron chi connectivity index (χ2n) is 4.26. The highest BCUT2D eigenvalue weighted by Crippen LogP contribution is 2.19. The third-order valence-electron chi connectivity index (χ3n) is 2.74. The maximum absolute atomic E-state index is 4.16.